The molecule has 10 heterocycles. The van der Waals surface area contributed by atoms with Gasteiger partial charge in [-0.05, 0) is 31.4 Å². The van der Waals surface area contributed by atoms with Crippen molar-refractivity contribution in [1.29, 1.82) is 0 Å². The number of Topliss-reactive ketones (excluding diaryl/α,β-unsaturated/α-hetero) is 1. The Balaban J connectivity index is 0.000000143. The van der Waals surface area contributed by atoms with E-state index >= 15 is 0 Å². The number of carboxylic acid groups (broad SMARTS) is 1. The summed E-state index contributed by atoms with van der Waals surface area (Å²) in [4.78, 5) is 51.3. The highest BCUT2D eigenvalue weighted by molar-refractivity contribution is 7.89. The van der Waals surface area contributed by atoms with E-state index in [9.17, 15) is 26.4 Å². The SMILES string of the molecule is NCCS(=O)(=O)N1CCC1.O=C(CCCS(=O)(=O)N1CCC1)c1noc2c1CN(c1ncnc3[nH]ccc13)CC2.O=C(O)c1noc2c1CN(c1ncnc3[nH]ccc13)CC2. The van der Waals surface area contributed by atoms with Crippen molar-refractivity contribution in [3.8, 4) is 0 Å². The number of carbonyl (C=O) groups excluding carboxylic acids is 1. The zero-order chi connectivity index (χ0) is 42.7. The number of sulfonamides is 2. The van der Waals surface area contributed by atoms with E-state index in [1.54, 1.807) is 6.20 Å². The van der Waals surface area contributed by atoms with Gasteiger partial charge in [-0.15, -0.1) is 0 Å². The molecule has 2 fully saturated rings. The summed E-state index contributed by atoms with van der Waals surface area (Å²) in [7, 11) is -6.22. The summed E-state index contributed by atoms with van der Waals surface area (Å²) >= 11 is 0. The average Bonchev–Trinajstić information content (AvgIpc) is 4.01. The number of carboxylic acids is 1. The molecule has 5 N–H and O–H groups in total. The van der Waals surface area contributed by atoms with Crippen LogP contribution in [0.1, 0.15) is 69.3 Å². The first kappa shape index (κ1) is 41.9. The Labute approximate surface area is 349 Å². The van der Waals surface area contributed by atoms with Gasteiger partial charge in [0.05, 0.1) is 35.4 Å². The van der Waals surface area contributed by atoms with E-state index < -0.39 is 26.0 Å². The van der Waals surface area contributed by atoms with Crippen molar-refractivity contribution in [3.05, 3.63) is 71.2 Å². The predicted octanol–water partition coefficient (Wildman–Crippen LogP) is 1.69. The molecule has 0 aliphatic carbocycles. The van der Waals surface area contributed by atoms with Crippen molar-refractivity contribution in [3.63, 3.8) is 0 Å². The lowest BCUT2D eigenvalue weighted by Crippen LogP contribution is -2.44. The molecule has 324 valence electrons. The van der Waals surface area contributed by atoms with E-state index in [1.165, 1.54) is 21.3 Å². The highest BCUT2D eigenvalue weighted by atomic mass is 32.2. The standard InChI is InChI=1S/C19H22N6O4S.C13H11N5O3.C5H12N2O2S/c26-15(3-1-10-30(27,28)25-7-2-8-25)17-14-11-24(9-5-16(14)29-23-17)19-13-4-6-20-18(13)21-12-22-19;19-13(20)10-8-5-18(4-2-9(8)21-17-10)12-7-1-3-14-11(7)15-6-16-12;6-2-5-10(8,9)7-3-1-4-7/h4,6,12H,1-3,5,7-11H2,(H,20,21,22);1,3,6H,2,4-5H2,(H,19,20)(H,14,15,16);1-6H2. The molecule has 22 nitrogen and oxygen atoms in total. The number of fused-ring (bicyclic) bond motifs is 4. The van der Waals surface area contributed by atoms with Gasteiger partial charge >= 0.3 is 5.97 Å². The van der Waals surface area contributed by atoms with Gasteiger partial charge in [0.1, 0.15) is 47.1 Å². The molecule has 0 aromatic carbocycles. The lowest BCUT2D eigenvalue weighted by molar-refractivity contribution is 0.0684. The van der Waals surface area contributed by atoms with E-state index in [0.717, 1.165) is 52.1 Å². The van der Waals surface area contributed by atoms with Crippen molar-refractivity contribution >= 4 is 65.5 Å². The van der Waals surface area contributed by atoms with E-state index in [0.29, 0.717) is 88.0 Å². The molecule has 61 heavy (non-hydrogen) atoms. The normalized spacial score (nSPS) is 16.7. The molecule has 4 aliphatic heterocycles. The third-order valence-corrected chi connectivity index (χ3v) is 14.8. The van der Waals surface area contributed by atoms with Crippen LogP contribution in [0.4, 0.5) is 11.6 Å². The largest absolute Gasteiger partial charge is 0.476 e. The number of aromatic carboxylic acids is 1. The number of aromatic amines is 2. The monoisotopic (exact) mass is 879 g/mol. The molecule has 0 saturated carbocycles. The minimum Gasteiger partial charge on any atom is -0.476 e. The molecule has 24 heteroatoms. The van der Waals surface area contributed by atoms with Crippen LogP contribution in [-0.2, 0) is 46.0 Å². The Morgan fingerprint density at radius 1 is 0.705 bits per heavy atom. The maximum atomic E-state index is 12.8. The molecule has 6 aromatic rings. The van der Waals surface area contributed by atoms with E-state index in [2.05, 4.69) is 45.1 Å². The summed E-state index contributed by atoms with van der Waals surface area (Å²) in [5, 5.41) is 18.6. The van der Waals surface area contributed by atoms with Gasteiger partial charge in [0, 0.05) is 88.6 Å². The molecule has 6 aromatic heterocycles. The number of H-pyrrole nitrogens is 2. The lowest BCUT2D eigenvalue weighted by atomic mass is 10.0. The number of nitrogens with zero attached hydrogens (tertiary/aromatic N) is 10. The molecule has 2 saturated heterocycles. The zero-order valence-corrected chi connectivity index (χ0v) is 34.7. The highest BCUT2D eigenvalue weighted by Crippen LogP contribution is 2.31. The minimum absolute atomic E-state index is 0.0166. The Kier molecular flexibility index (Phi) is 12.1. The van der Waals surface area contributed by atoms with Gasteiger partial charge in [-0.1, -0.05) is 10.3 Å². The van der Waals surface area contributed by atoms with Crippen LogP contribution >= 0.6 is 0 Å². The summed E-state index contributed by atoms with van der Waals surface area (Å²) in [5.41, 5.74) is 8.31. The fourth-order valence-corrected chi connectivity index (χ4v) is 10.4. The third kappa shape index (κ3) is 8.84. The number of hydrogen-bond acceptors (Lipinski definition) is 17. The predicted molar refractivity (Wildman–Crippen MR) is 220 cm³/mol. The molecule has 4 aliphatic rings. The van der Waals surface area contributed by atoms with Crippen LogP contribution in [0.3, 0.4) is 0 Å². The quantitative estimate of drug-likeness (QED) is 0.127. The van der Waals surface area contributed by atoms with Crippen LogP contribution in [0.25, 0.3) is 22.1 Å². The summed E-state index contributed by atoms with van der Waals surface area (Å²) in [6, 6.07) is 3.84. The molecule has 10 rings (SSSR count). The van der Waals surface area contributed by atoms with E-state index in [1.807, 2.05) is 23.2 Å². The van der Waals surface area contributed by atoms with Gasteiger partial charge in [-0.3, -0.25) is 4.79 Å². The van der Waals surface area contributed by atoms with Gasteiger partial charge in [0.15, 0.2) is 17.2 Å². The zero-order valence-electron chi connectivity index (χ0n) is 33.1. The molecule has 0 amide bonds. The second kappa shape index (κ2) is 17.6. The molecule has 0 unspecified atom stereocenters. The van der Waals surface area contributed by atoms with Gasteiger partial charge in [-0.25, -0.2) is 50.2 Å². The first-order chi connectivity index (χ1) is 29.4. The summed E-state index contributed by atoms with van der Waals surface area (Å²) in [6.45, 7) is 5.02. The van der Waals surface area contributed by atoms with Crippen LogP contribution in [0.5, 0.6) is 0 Å². The number of nitrogens with one attached hydrogen (secondary N) is 2. The van der Waals surface area contributed by atoms with Crippen molar-refractivity contribution in [2.24, 2.45) is 5.73 Å². The average molecular weight is 880 g/mol. The number of rotatable bonds is 12. The van der Waals surface area contributed by atoms with Crippen molar-refractivity contribution < 1.29 is 40.6 Å². The maximum absolute atomic E-state index is 12.8. The van der Waals surface area contributed by atoms with E-state index in [4.69, 9.17) is 19.9 Å². The van der Waals surface area contributed by atoms with Gasteiger partial charge in [-0.2, -0.15) is 0 Å². The number of aromatic nitrogens is 8. The molecular weight excluding hydrogens is 835 g/mol. The maximum Gasteiger partial charge on any atom is 0.358 e. The Morgan fingerprint density at radius 3 is 1.67 bits per heavy atom. The van der Waals surface area contributed by atoms with Crippen molar-refractivity contribution in [2.75, 3.05) is 67.1 Å². The molecule has 0 atom stereocenters. The minimum atomic E-state index is -3.25. The number of anilines is 2. The number of nitrogens with two attached hydrogens (primary N) is 1. The first-order valence-electron chi connectivity index (χ1n) is 19.9. The van der Waals surface area contributed by atoms with Crippen molar-refractivity contribution in [2.45, 2.75) is 51.6 Å². The van der Waals surface area contributed by atoms with Crippen LogP contribution in [0.15, 0.2) is 46.2 Å². The van der Waals surface area contributed by atoms with Gasteiger partial charge < -0.3 is 39.7 Å². The summed E-state index contributed by atoms with van der Waals surface area (Å²) in [5.74, 6) is 1.75. The van der Waals surface area contributed by atoms with Gasteiger partial charge in [0.25, 0.3) is 0 Å². The fraction of sp³-hybridized carbons (Fsp3) is 0.459. The highest BCUT2D eigenvalue weighted by Gasteiger charge is 2.32. The van der Waals surface area contributed by atoms with Crippen LogP contribution in [-0.4, -0.2) is 140 Å². The second-order valence-corrected chi connectivity index (χ2v) is 19.0. The summed E-state index contributed by atoms with van der Waals surface area (Å²) in [6.07, 6.45) is 10.2. The van der Waals surface area contributed by atoms with Gasteiger partial charge in [0.2, 0.25) is 20.0 Å². The van der Waals surface area contributed by atoms with Crippen LogP contribution in [0, 0.1) is 0 Å². The molecule has 0 spiro atoms. The third-order valence-electron chi connectivity index (χ3n) is 11.0. The lowest BCUT2D eigenvalue weighted by Gasteiger charge is -2.29. The smallest absolute Gasteiger partial charge is 0.358 e. The number of ketones is 1. The number of hydrogen-bond donors (Lipinski definition) is 4. The van der Waals surface area contributed by atoms with Crippen LogP contribution < -0.4 is 15.5 Å². The van der Waals surface area contributed by atoms with Crippen LogP contribution in [0.2, 0.25) is 0 Å². The first-order valence-corrected chi connectivity index (χ1v) is 23.1. The Bertz CT molecular complexity index is 2760. The number of carbonyl (C=O) groups is 2. The topological polar surface area (TPSA) is 297 Å². The van der Waals surface area contributed by atoms with Crippen molar-refractivity contribution in [1.82, 2.24) is 48.8 Å². The fourth-order valence-electron chi connectivity index (χ4n) is 7.46. The molecule has 0 radical (unpaired) electrons. The molecule has 0 bridgehead atoms. The van der Waals surface area contributed by atoms with E-state index in [-0.39, 0.29) is 42.4 Å². The Hall–Kier alpha value is -5.82. The second-order valence-electron chi connectivity index (χ2n) is 14.8. The summed E-state index contributed by atoms with van der Waals surface area (Å²) < 4.78 is 59.9. The molecular formula is C37H45N13O9S2. The Morgan fingerprint density at radius 2 is 1.20 bits per heavy atom.